The number of amides is 1. The Labute approximate surface area is 150 Å². The molecule has 24 heavy (non-hydrogen) atoms. The molecule has 0 aromatic heterocycles. The van der Waals surface area contributed by atoms with Crippen molar-refractivity contribution >= 4 is 21.8 Å². The van der Waals surface area contributed by atoms with Crippen LogP contribution in [-0.4, -0.2) is 29.9 Å². The van der Waals surface area contributed by atoms with Crippen LogP contribution in [0.25, 0.3) is 0 Å². The number of nitrogens with zero attached hydrogens (tertiary/aromatic N) is 1. The van der Waals surface area contributed by atoms with E-state index in [-0.39, 0.29) is 11.9 Å². The predicted octanol–water partition coefficient (Wildman–Crippen LogP) is 3.76. The smallest absolute Gasteiger partial charge is 0.252 e. The van der Waals surface area contributed by atoms with Crippen LogP contribution < -0.4 is 5.32 Å². The largest absolute Gasteiger partial charge is 0.350 e. The Kier molecular flexibility index (Phi) is 5.31. The van der Waals surface area contributed by atoms with Crippen LogP contribution in [0.2, 0.25) is 0 Å². The first-order valence-corrected chi connectivity index (χ1v) is 8.88. The van der Waals surface area contributed by atoms with Crippen molar-refractivity contribution in [3.63, 3.8) is 0 Å². The molecule has 2 aromatic rings. The minimum absolute atomic E-state index is 0.217. The van der Waals surface area contributed by atoms with E-state index in [2.05, 4.69) is 57.3 Å². The van der Waals surface area contributed by atoms with Gasteiger partial charge in [-0.2, -0.15) is 0 Å². The molecule has 1 unspecified atom stereocenters. The van der Waals surface area contributed by atoms with Crippen LogP contribution in [-0.2, 0) is 13.0 Å². The minimum Gasteiger partial charge on any atom is -0.350 e. The van der Waals surface area contributed by atoms with E-state index in [1.165, 1.54) is 23.3 Å². The highest BCUT2D eigenvalue weighted by atomic mass is 79.9. The average molecular weight is 391 g/mol. The molecule has 0 fully saturated rings. The molecular weight excluding hydrogens is 371 g/mol. The molecule has 126 valence electrons. The molecule has 0 saturated heterocycles. The first kappa shape index (κ1) is 17.1. The fourth-order valence-corrected chi connectivity index (χ4v) is 3.46. The molecule has 0 bridgehead atoms. The fourth-order valence-electron chi connectivity index (χ4n) is 3.03. The first-order chi connectivity index (χ1) is 11.5. The summed E-state index contributed by atoms with van der Waals surface area (Å²) in [4.78, 5) is 14.6. The van der Waals surface area contributed by atoms with Crippen LogP contribution in [0.15, 0.2) is 46.9 Å². The molecule has 1 heterocycles. The van der Waals surface area contributed by atoms with Gasteiger partial charge < -0.3 is 5.32 Å². The summed E-state index contributed by atoms with van der Waals surface area (Å²) in [6, 6.07) is 12.8. The van der Waals surface area contributed by atoms with E-state index in [1.807, 2.05) is 0 Å². The Bertz CT molecular complexity index is 750. The number of carbonyl (C=O) groups excluding carboxylic acids is 1. The molecule has 0 radical (unpaired) electrons. The van der Waals surface area contributed by atoms with E-state index < -0.39 is 5.82 Å². The van der Waals surface area contributed by atoms with Gasteiger partial charge in [0.25, 0.3) is 5.91 Å². The highest BCUT2D eigenvalue weighted by Gasteiger charge is 2.21. The molecule has 0 aliphatic carbocycles. The maximum atomic E-state index is 13.3. The lowest BCUT2D eigenvalue weighted by Gasteiger charge is -2.33. The van der Waals surface area contributed by atoms with Crippen molar-refractivity contribution in [2.75, 3.05) is 13.1 Å². The lowest BCUT2D eigenvalue weighted by Crippen LogP contribution is -2.44. The molecule has 0 saturated carbocycles. The minimum atomic E-state index is -0.413. The Balaban J connectivity index is 1.59. The monoisotopic (exact) mass is 390 g/mol. The van der Waals surface area contributed by atoms with Gasteiger partial charge in [0.2, 0.25) is 0 Å². The van der Waals surface area contributed by atoms with E-state index in [0.29, 0.717) is 16.6 Å². The third kappa shape index (κ3) is 3.84. The van der Waals surface area contributed by atoms with Crippen LogP contribution >= 0.6 is 15.9 Å². The molecule has 0 spiro atoms. The second-order valence-electron chi connectivity index (χ2n) is 6.17. The second kappa shape index (κ2) is 7.45. The standard InChI is InChI=1S/C19H20BrFN2O/c1-13(23-9-8-14-4-2-3-5-15(14)12-23)11-22-19(24)17-10-16(21)6-7-18(17)20/h2-7,10,13H,8-9,11-12H2,1H3,(H,22,24). The molecular formula is C19H20BrFN2O. The zero-order valence-corrected chi connectivity index (χ0v) is 15.1. The van der Waals surface area contributed by atoms with E-state index in [1.54, 1.807) is 6.07 Å². The first-order valence-electron chi connectivity index (χ1n) is 8.08. The molecule has 1 atom stereocenters. The third-order valence-corrected chi connectivity index (χ3v) is 5.21. The summed E-state index contributed by atoms with van der Waals surface area (Å²) in [6.07, 6.45) is 1.03. The van der Waals surface area contributed by atoms with Gasteiger partial charge in [-0.15, -0.1) is 0 Å². The maximum Gasteiger partial charge on any atom is 0.252 e. The quantitative estimate of drug-likeness (QED) is 0.861. The summed E-state index contributed by atoms with van der Waals surface area (Å²) in [5, 5.41) is 2.91. The molecule has 2 aromatic carbocycles. The molecule has 1 aliphatic heterocycles. The van der Waals surface area contributed by atoms with Gasteiger partial charge in [0.15, 0.2) is 0 Å². The average Bonchev–Trinajstić information content (AvgIpc) is 2.61. The number of hydrogen-bond donors (Lipinski definition) is 1. The van der Waals surface area contributed by atoms with E-state index in [9.17, 15) is 9.18 Å². The molecule has 1 N–H and O–H groups in total. The molecule has 1 aliphatic rings. The SMILES string of the molecule is CC(CNC(=O)c1cc(F)ccc1Br)N1CCc2ccccc2C1. The van der Waals surface area contributed by atoms with E-state index in [0.717, 1.165) is 19.5 Å². The van der Waals surface area contributed by atoms with Crippen LogP contribution in [0, 0.1) is 5.82 Å². The van der Waals surface area contributed by atoms with Crippen molar-refractivity contribution in [3.8, 4) is 0 Å². The lowest BCUT2D eigenvalue weighted by atomic mass is 9.99. The number of benzene rings is 2. The maximum absolute atomic E-state index is 13.3. The molecule has 3 rings (SSSR count). The van der Waals surface area contributed by atoms with Crippen LogP contribution in [0.1, 0.15) is 28.4 Å². The van der Waals surface area contributed by atoms with Gasteiger partial charge in [-0.05, 0) is 58.6 Å². The number of hydrogen-bond acceptors (Lipinski definition) is 2. The zero-order chi connectivity index (χ0) is 17.1. The van der Waals surface area contributed by atoms with Crippen molar-refractivity contribution in [1.29, 1.82) is 0 Å². The summed E-state index contributed by atoms with van der Waals surface area (Å²) < 4.78 is 13.9. The van der Waals surface area contributed by atoms with Gasteiger partial charge in [0, 0.05) is 30.1 Å². The Morgan fingerprint density at radius 1 is 1.29 bits per heavy atom. The van der Waals surface area contributed by atoms with Gasteiger partial charge in [-0.25, -0.2) is 4.39 Å². The normalized spacial score (nSPS) is 15.6. The van der Waals surface area contributed by atoms with E-state index >= 15 is 0 Å². The van der Waals surface area contributed by atoms with Gasteiger partial charge in [-0.1, -0.05) is 24.3 Å². The highest BCUT2D eigenvalue weighted by molar-refractivity contribution is 9.10. The number of fused-ring (bicyclic) bond motifs is 1. The number of rotatable bonds is 4. The summed E-state index contributed by atoms with van der Waals surface area (Å²) in [5.41, 5.74) is 3.09. The van der Waals surface area contributed by atoms with E-state index in [4.69, 9.17) is 0 Å². The van der Waals surface area contributed by atoms with Crippen molar-refractivity contribution in [1.82, 2.24) is 10.2 Å². The number of nitrogens with one attached hydrogen (secondary N) is 1. The summed E-state index contributed by atoms with van der Waals surface area (Å²) >= 11 is 3.29. The van der Waals surface area contributed by atoms with Crippen LogP contribution in [0.4, 0.5) is 4.39 Å². The van der Waals surface area contributed by atoms with Gasteiger partial charge in [0.05, 0.1) is 5.56 Å². The zero-order valence-electron chi connectivity index (χ0n) is 13.6. The van der Waals surface area contributed by atoms with Gasteiger partial charge in [0.1, 0.15) is 5.82 Å². The molecule has 5 heteroatoms. The third-order valence-electron chi connectivity index (χ3n) is 4.51. The summed E-state index contributed by atoms with van der Waals surface area (Å²) in [6.45, 7) is 4.52. The van der Waals surface area contributed by atoms with Crippen LogP contribution in [0.5, 0.6) is 0 Å². The summed E-state index contributed by atoms with van der Waals surface area (Å²) in [5.74, 6) is -0.672. The van der Waals surface area contributed by atoms with Crippen LogP contribution in [0.3, 0.4) is 0 Å². The Hall–Kier alpha value is -1.72. The lowest BCUT2D eigenvalue weighted by molar-refractivity contribution is 0.0931. The van der Waals surface area contributed by atoms with Gasteiger partial charge in [-0.3, -0.25) is 9.69 Å². The van der Waals surface area contributed by atoms with Crippen molar-refractivity contribution in [2.24, 2.45) is 0 Å². The summed E-state index contributed by atoms with van der Waals surface area (Å²) in [7, 11) is 0. The number of halogens is 2. The van der Waals surface area contributed by atoms with Crippen molar-refractivity contribution < 1.29 is 9.18 Å². The van der Waals surface area contributed by atoms with Crippen molar-refractivity contribution in [3.05, 3.63) is 69.4 Å². The Morgan fingerprint density at radius 2 is 2.04 bits per heavy atom. The second-order valence-corrected chi connectivity index (χ2v) is 7.03. The topological polar surface area (TPSA) is 32.3 Å². The molecule has 3 nitrogen and oxygen atoms in total. The molecule has 1 amide bonds. The van der Waals surface area contributed by atoms with Crippen molar-refractivity contribution in [2.45, 2.75) is 25.9 Å². The fraction of sp³-hybridized carbons (Fsp3) is 0.316. The number of carbonyl (C=O) groups is 1. The predicted molar refractivity (Wildman–Crippen MR) is 96.5 cm³/mol. The highest BCUT2D eigenvalue weighted by Crippen LogP contribution is 2.20. The van der Waals surface area contributed by atoms with Gasteiger partial charge >= 0.3 is 0 Å². The Morgan fingerprint density at radius 3 is 2.83 bits per heavy atom.